The second kappa shape index (κ2) is 7.28. The summed E-state index contributed by atoms with van der Waals surface area (Å²) >= 11 is 0. The van der Waals surface area contributed by atoms with Gasteiger partial charge in [-0.25, -0.2) is 4.98 Å². The van der Waals surface area contributed by atoms with E-state index in [1.54, 1.807) is 6.07 Å². The number of halogens is 3. The topological polar surface area (TPSA) is 38.9 Å². The lowest BCUT2D eigenvalue weighted by Crippen LogP contribution is -2.02. The van der Waals surface area contributed by atoms with Crippen molar-refractivity contribution in [3.05, 3.63) is 29.8 Å². The summed E-state index contributed by atoms with van der Waals surface area (Å²) in [7, 11) is 0. The molecule has 0 aliphatic heterocycles. The fourth-order valence-electron chi connectivity index (χ4n) is 0.721. The van der Waals surface area contributed by atoms with Crippen molar-refractivity contribution in [3.8, 4) is 0 Å². The number of nitrogens with zero attached hydrogens (tertiary/aromatic N) is 1. The van der Waals surface area contributed by atoms with Crippen LogP contribution < -0.4 is 5.73 Å². The number of rotatable bonds is 2. The molecule has 0 atom stereocenters. The Morgan fingerprint density at radius 2 is 2.00 bits per heavy atom. The van der Waals surface area contributed by atoms with Crippen LogP contribution in [-0.2, 0) is 6.42 Å². The second-order valence-corrected chi connectivity index (χ2v) is 2.03. The Hall–Kier alpha value is -0.380. The molecule has 0 aliphatic rings. The predicted molar refractivity (Wildman–Crippen MR) is 51.4 cm³/mol. The average Bonchev–Trinajstić information content (AvgIpc) is 1.95. The lowest BCUT2D eigenvalue weighted by atomic mass is 10.2. The molecule has 12 heavy (non-hydrogen) atoms. The molecule has 1 rings (SSSR count). The van der Waals surface area contributed by atoms with Crippen LogP contribution in [0.3, 0.4) is 0 Å². The van der Waals surface area contributed by atoms with Gasteiger partial charge in [-0.05, 0) is 24.6 Å². The second-order valence-electron chi connectivity index (χ2n) is 2.03. The average molecular weight is 213 g/mol. The third-order valence-electron chi connectivity index (χ3n) is 1.22. The highest BCUT2D eigenvalue weighted by Crippen LogP contribution is 1.98. The Morgan fingerprint density at radius 3 is 2.42 bits per heavy atom. The molecular weight excluding hydrogens is 202 g/mol. The van der Waals surface area contributed by atoms with E-state index < -0.39 is 5.95 Å². The van der Waals surface area contributed by atoms with E-state index in [0.717, 1.165) is 12.0 Å². The maximum absolute atomic E-state index is 12.2. The van der Waals surface area contributed by atoms with Crippen molar-refractivity contribution < 1.29 is 4.39 Å². The van der Waals surface area contributed by atoms with Gasteiger partial charge >= 0.3 is 0 Å². The van der Waals surface area contributed by atoms with Crippen LogP contribution in [-0.4, -0.2) is 11.5 Å². The van der Waals surface area contributed by atoms with Crippen molar-refractivity contribution in [1.82, 2.24) is 4.98 Å². The summed E-state index contributed by atoms with van der Waals surface area (Å²) in [6.45, 7) is 0.577. The van der Waals surface area contributed by atoms with Gasteiger partial charge in [-0.15, -0.1) is 24.8 Å². The minimum absolute atomic E-state index is 0. The minimum atomic E-state index is -0.444. The van der Waals surface area contributed by atoms with Gasteiger partial charge in [0.15, 0.2) is 0 Å². The fraction of sp³-hybridized carbons (Fsp3) is 0.286. The van der Waals surface area contributed by atoms with Gasteiger partial charge in [0, 0.05) is 6.20 Å². The summed E-state index contributed by atoms with van der Waals surface area (Å²) in [5.74, 6) is -0.444. The zero-order chi connectivity index (χ0) is 7.40. The third kappa shape index (κ3) is 4.49. The normalized spacial score (nSPS) is 8.17. The fourth-order valence-corrected chi connectivity index (χ4v) is 0.721. The van der Waals surface area contributed by atoms with Gasteiger partial charge in [-0.1, -0.05) is 6.07 Å². The molecule has 0 saturated heterocycles. The number of nitrogens with two attached hydrogens (primary N) is 1. The molecule has 1 heterocycles. The summed E-state index contributed by atoms with van der Waals surface area (Å²) in [5.41, 5.74) is 6.25. The maximum Gasteiger partial charge on any atom is 0.212 e. The molecule has 0 fully saturated rings. The first kappa shape index (κ1) is 14.2. The quantitative estimate of drug-likeness (QED) is 0.757. The minimum Gasteiger partial charge on any atom is -0.330 e. The molecule has 0 unspecified atom stereocenters. The van der Waals surface area contributed by atoms with E-state index in [9.17, 15) is 4.39 Å². The first-order valence-electron chi connectivity index (χ1n) is 3.13. The van der Waals surface area contributed by atoms with Crippen LogP contribution in [0, 0.1) is 5.95 Å². The molecule has 2 nitrogen and oxygen atoms in total. The maximum atomic E-state index is 12.2. The van der Waals surface area contributed by atoms with Gasteiger partial charge in [0.25, 0.3) is 0 Å². The summed E-state index contributed by atoms with van der Waals surface area (Å²) < 4.78 is 12.2. The Balaban J connectivity index is 0. The number of aromatic nitrogens is 1. The molecule has 0 aliphatic carbocycles. The van der Waals surface area contributed by atoms with Crippen LogP contribution in [0.1, 0.15) is 5.56 Å². The van der Waals surface area contributed by atoms with E-state index in [4.69, 9.17) is 5.73 Å². The van der Waals surface area contributed by atoms with Crippen molar-refractivity contribution in [2.75, 3.05) is 6.54 Å². The van der Waals surface area contributed by atoms with E-state index >= 15 is 0 Å². The van der Waals surface area contributed by atoms with Crippen LogP contribution in [0.25, 0.3) is 0 Å². The lowest BCUT2D eigenvalue weighted by Gasteiger charge is -1.94. The zero-order valence-corrected chi connectivity index (χ0v) is 8.00. The van der Waals surface area contributed by atoms with Crippen molar-refractivity contribution >= 4 is 24.8 Å². The molecule has 2 N–H and O–H groups in total. The Morgan fingerprint density at radius 1 is 1.33 bits per heavy atom. The van der Waals surface area contributed by atoms with Gasteiger partial charge < -0.3 is 5.73 Å². The summed E-state index contributed by atoms with van der Waals surface area (Å²) in [6.07, 6.45) is 2.26. The molecule has 5 heteroatoms. The lowest BCUT2D eigenvalue weighted by molar-refractivity contribution is 0.582. The number of hydrogen-bond acceptors (Lipinski definition) is 2. The van der Waals surface area contributed by atoms with Crippen LogP contribution in [0.4, 0.5) is 4.39 Å². The van der Waals surface area contributed by atoms with Crippen molar-refractivity contribution in [2.45, 2.75) is 6.42 Å². The molecule has 1 aromatic rings. The molecule has 0 aromatic carbocycles. The number of hydrogen-bond donors (Lipinski definition) is 1. The Labute approximate surface area is 83.2 Å². The molecule has 0 bridgehead atoms. The summed E-state index contributed by atoms with van der Waals surface area (Å²) in [4.78, 5) is 3.48. The van der Waals surface area contributed by atoms with Gasteiger partial charge in [0.05, 0.1) is 0 Å². The summed E-state index contributed by atoms with van der Waals surface area (Å²) in [6, 6.07) is 3.03. The standard InChI is InChI=1S/C7H9FN2.2ClH/c8-7-2-1-6(3-4-9)5-10-7;;/h1-2,5H,3-4,9H2;2*1H. The van der Waals surface area contributed by atoms with Crippen LogP contribution >= 0.6 is 24.8 Å². The van der Waals surface area contributed by atoms with E-state index in [1.165, 1.54) is 12.3 Å². The van der Waals surface area contributed by atoms with Crippen LogP contribution in [0.2, 0.25) is 0 Å². The summed E-state index contributed by atoms with van der Waals surface area (Å²) in [5, 5.41) is 0. The largest absolute Gasteiger partial charge is 0.330 e. The zero-order valence-electron chi connectivity index (χ0n) is 6.37. The highest BCUT2D eigenvalue weighted by Gasteiger charge is 1.91. The predicted octanol–water partition coefficient (Wildman–Crippen LogP) is 1.57. The monoisotopic (exact) mass is 212 g/mol. The first-order chi connectivity index (χ1) is 4.83. The molecule has 0 amide bonds. The van der Waals surface area contributed by atoms with Crippen molar-refractivity contribution in [2.24, 2.45) is 5.73 Å². The molecule has 0 saturated carbocycles. The Kier molecular flexibility index (Phi) is 8.59. The van der Waals surface area contributed by atoms with Gasteiger partial charge in [0.2, 0.25) is 5.95 Å². The molecule has 70 valence electrons. The van der Waals surface area contributed by atoms with Crippen LogP contribution in [0.15, 0.2) is 18.3 Å². The highest BCUT2D eigenvalue weighted by molar-refractivity contribution is 5.85. The van der Waals surface area contributed by atoms with E-state index in [1.807, 2.05) is 0 Å². The molecule has 0 spiro atoms. The van der Waals surface area contributed by atoms with Gasteiger partial charge in [-0.3, -0.25) is 0 Å². The molecular formula is C7H11Cl2FN2. The van der Waals surface area contributed by atoms with Crippen molar-refractivity contribution in [1.29, 1.82) is 0 Å². The van der Waals surface area contributed by atoms with E-state index in [2.05, 4.69) is 4.98 Å². The van der Waals surface area contributed by atoms with E-state index in [0.29, 0.717) is 6.54 Å². The van der Waals surface area contributed by atoms with Gasteiger partial charge in [-0.2, -0.15) is 4.39 Å². The van der Waals surface area contributed by atoms with Crippen LogP contribution in [0.5, 0.6) is 0 Å². The smallest absolute Gasteiger partial charge is 0.212 e. The van der Waals surface area contributed by atoms with Gasteiger partial charge in [0.1, 0.15) is 0 Å². The SMILES string of the molecule is Cl.Cl.NCCc1ccc(F)nc1. The van der Waals surface area contributed by atoms with E-state index in [-0.39, 0.29) is 24.8 Å². The molecule has 0 radical (unpaired) electrons. The third-order valence-corrected chi connectivity index (χ3v) is 1.22. The number of pyridine rings is 1. The van der Waals surface area contributed by atoms with Crippen molar-refractivity contribution in [3.63, 3.8) is 0 Å². The Bertz CT molecular complexity index is 203. The molecule has 1 aromatic heterocycles. The highest BCUT2D eigenvalue weighted by atomic mass is 35.5. The first-order valence-corrected chi connectivity index (χ1v) is 3.13.